The second-order valence-electron chi connectivity index (χ2n) is 6.10. The Morgan fingerprint density at radius 3 is 2.60 bits per heavy atom. The van der Waals surface area contributed by atoms with Crippen LogP contribution in [0.15, 0.2) is 59.9 Å². The summed E-state index contributed by atoms with van der Waals surface area (Å²) in [7, 11) is 0. The van der Waals surface area contributed by atoms with Gasteiger partial charge in [0.25, 0.3) is 5.91 Å². The van der Waals surface area contributed by atoms with Gasteiger partial charge in [-0.1, -0.05) is 43.3 Å². The average Bonchev–Trinajstić information content (AvgIpc) is 3.05. The van der Waals surface area contributed by atoms with Crippen molar-refractivity contribution < 1.29 is 9.90 Å². The highest BCUT2D eigenvalue weighted by atomic mass is 32.2. The van der Waals surface area contributed by atoms with Crippen LogP contribution in [0.1, 0.15) is 30.4 Å². The average molecular weight is 355 g/mol. The molecule has 0 aliphatic carbocycles. The standard InChI is InChI=1S/C19H21N3O2S/c1-12(23)18(22-10-16(19(20)24)21-11-22)13(2)25-17-9-5-7-14-6-3-4-8-15(14)17/h3-13,18,23H,1-2H3,(H2,20,24)/t12-,13?,18+/m0/s1. The molecule has 25 heavy (non-hydrogen) atoms. The van der Waals surface area contributed by atoms with E-state index in [4.69, 9.17) is 5.73 Å². The number of primary amides is 1. The van der Waals surface area contributed by atoms with Crippen molar-refractivity contribution in [2.75, 3.05) is 0 Å². The predicted octanol–water partition coefficient (Wildman–Crippen LogP) is 3.24. The van der Waals surface area contributed by atoms with Crippen molar-refractivity contribution in [2.24, 2.45) is 5.73 Å². The lowest BCUT2D eigenvalue weighted by molar-refractivity contribution is 0.0994. The number of benzene rings is 2. The summed E-state index contributed by atoms with van der Waals surface area (Å²) in [6.45, 7) is 3.81. The van der Waals surface area contributed by atoms with Crippen LogP contribution < -0.4 is 5.73 Å². The van der Waals surface area contributed by atoms with E-state index in [1.165, 1.54) is 10.8 Å². The lowest BCUT2D eigenvalue weighted by atomic mass is 10.1. The molecular formula is C19H21N3O2S. The molecule has 0 radical (unpaired) electrons. The van der Waals surface area contributed by atoms with E-state index < -0.39 is 12.0 Å². The van der Waals surface area contributed by atoms with Crippen molar-refractivity contribution >= 4 is 28.4 Å². The fraction of sp³-hybridized carbons (Fsp3) is 0.263. The smallest absolute Gasteiger partial charge is 0.268 e. The van der Waals surface area contributed by atoms with Gasteiger partial charge in [0.2, 0.25) is 0 Å². The first-order chi connectivity index (χ1) is 12.0. The molecule has 3 aromatic rings. The number of rotatable bonds is 6. The minimum Gasteiger partial charge on any atom is -0.391 e. The second-order valence-corrected chi connectivity index (χ2v) is 7.52. The Morgan fingerprint density at radius 2 is 1.92 bits per heavy atom. The molecular weight excluding hydrogens is 334 g/mol. The van der Waals surface area contributed by atoms with Gasteiger partial charge in [-0.25, -0.2) is 4.98 Å². The zero-order valence-electron chi connectivity index (χ0n) is 14.2. The summed E-state index contributed by atoms with van der Waals surface area (Å²) < 4.78 is 1.77. The first-order valence-electron chi connectivity index (χ1n) is 8.13. The molecule has 6 heteroatoms. The minimum atomic E-state index is -0.604. The van der Waals surface area contributed by atoms with Gasteiger partial charge >= 0.3 is 0 Å². The number of carbonyl (C=O) groups is 1. The van der Waals surface area contributed by atoms with Crippen molar-refractivity contribution in [2.45, 2.75) is 36.1 Å². The molecule has 0 spiro atoms. The number of hydrogen-bond donors (Lipinski definition) is 2. The number of thioether (sulfide) groups is 1. The Bertz CT molecular complexity index is 886. The first kappa shape index (κ1) is 17.5. The molecule has 0 saturated carbocycles. The molecule has 0 aliphatic rings. The molecule has 1 amide bonds. The van der Waals surface area contributed by atoms with E-state index in [0.717, 1.165) is 4.90 Å². The van der Waals surface area contributed by atoms with Crippen LogP contribution in [0.4, 0.5) is 0 Å². The molecule has 3 rings (SSSR count). The quantitative estimate of drug-likeness (QED) is 0.665. The SMILES string of the molecule is CC(Sc1cccc2ccccc12)[C@@H]([C@H](C)O)n1cnc(C(N)=O)c1. The lowest BCUT2D eigenvalue weighted by Crippen LogP contribution is -2.28. The topological polar surface area (TPSA) is 81.1 Å². The number of aromatic nitrogens is 2. The summed E-state index contributed by atoms with van der Waals surface area (Å²) in [5.41, 5.74) is 5.48. The van der Waals surface area contributed by atoms with Crippen molar-refractivity contribution in [3.63, 3.8) is 0 Å². The highest BCUT2D eigenvalue weighted by molar-refractivity contribution is 8.00. The monoisotopic (exact) mass is 355 g/mol. The number of aliphatic hydroxyl groups is 1. The van der Waals surface area contributed by atoms with Gasteiger partial charge < -0.3 is 15.4 Å². The molecule has 3 N–H and O–H groups in total. The number of nitrogens with zero attached hydrogens (tertiary/aromatic N) is 2. The van der Waals surface area contributed by atoms with E-state index in [1.807, 2.05) is 18.2 Å². The molecule has 1 heterocycles. The van der Waals surface area contributed by atoms with Crippen LogP contribution in [-0.2, 0) is 0 Å². The van der Waals surface area contributed by atoms with Gasteiger partial charge in [-0.3, -0.25) is 4.79 Å². The minimum absolute atomic E-state index is 0.0562. The number of fused-ring (bicyclic) bond motifs is 1. The summed E-state index contributed by atoms with van der Waals surface area (Å²) >= 11 is 1.70. The number of aliphatic hydroxyl groups excluding tert-OH is 1. The molecule has 0 fully saturated rings. The Hall–Kier alpha value is -2.31. The van der Waals surface area contributed by atoms with Crippen LogP contribution in [0.3, 0.4) is 0 Å². The van der Waals surface area contributed by atoms with E-state index >= 15 is 0 Å². The Labute approximate surface area is 150 Å². The molecule has 130 valence electrons. The highest BCUT2D eigenvalue weighted by Crippen LogP contribution is 2.36. The van der Waals surface area contributed by atoms with Gasteiger partial charge in [-0.2, -0.15) is 0 Å². The van der Waals surface area contributed by atoms with Crippen molar-refractivity contribution in [1.82, 2.24) is 9.55 Å². The van der Waals surface area contributed by atoms with Crippen LogP contribution in [0.2, 0.25) is 0 Å². The number of imidazole rings is 1. The number of amides is 1. The number of hydrogen-bond acceptors (Lipinski definition) is 4. The summed E-state index contributed by atoms with van der Waals surface area (Å²) in [6.07, 6.45) is 2.55. The van der Waals surface area contributed by atoms with Crippen LogP contribution in [-0.4, -0.2) is 31.9 Å². The first-order valence-corrected chi connectivity index (χ1v) is 9.01. The molecule has 1 unspecified atom stereocenters. The number of carbonyl (C=O) groups excluding carboxylic acids is 1. The van der Waals surface area contributed by atoms with Crippen LogP contribution in [0, 0.1) is 0 Å². The third-order valence-corrected chi connectivity index (χ3v) is 5.50. The van der Waals surface area contributed by atoms with Crippen molar-refractivity contribution in [3.8, 4) is 0 Å². The molecule has 0 aliphatic heterocycles. The van der Waals surface area contributed by atoms with Gasteiger partial charge in [0.05, 0.1) is 18.5 Å². The summed E-state index contributed by atoms with van der Waals surface area (Å²) in [5.74, 6) is -0.572. The largest absolute Gasteiger partial charge is 0.391 e. The molecule has 1 aromatic heterocycles. The third-order valence-electron chi connectivity index (χ3n) is 4.24. The molecule has 5 nitrogen and oxygen atoms in total. The second kappa shape index (κ2) is 7.29. The van der Waals surface area contributed by atoms with Gasteiger partial charge in [0.15, 0.2) is 0 Å². The van der Waals surface area contributed by atoms with Crippen LogP contribution >= 0.6 is 11.8 Å². The van der Waals surface area contributed by atoms with Crippen LogP contribution in [0.25, 0.3) is 10.8 Å². The maximum absolute atomic E-state index is 11.3. The Kier molecular flexibility index (Phi) is 5.11. The zero-order valence-corrected chi connectivity index (χ0v) is 15.0. The van der Waals surface area contributed by atoms with E-state index in [9.17, 15) is 9.90 Å². The van der Waals surface area contributed by atoms with Gasteiger partial charge in [0, 0.05) is 16.3 Å². The lowest BCUT2D eigenvalue weighted by Gasteiger charge is -2.27. The fourth-order valence-electron chi connectivity index (χ4n) is 3.08. The number of nitrogens with two attached hydrogens (primary N) is 1. The normalized spacial score (nSPS) is 15.0. The van der Waals surface area contributed by atoms with E-state index in [2.05, 4.69) is 36.2 Å². The Morgan fingerprint density at radius 1 is 1.20 bits per heavy atom. The molecule has 0 saturated heterocycles. The van der Waals surface area contributed by atoms with E-state index in [-0.39, 0.29) is 17.0 Å². The fourth-order valence-corrected chi connectivity index (χ4v) is 4.46. The van der Waals surface area contributed by atoms with E-state index in [0.29, 0.717) is 0 Å². The maximum atomic E-state index is 11.3. The van der Waals surface area contributed by atoms with E-state index in [1.54, 1.807) is 35.8 Å². The zero-order chi connectivity index (χ0) is 18.0. The third kappa shape index (κ3) is 3.70. The predicted molar refractivity (Wildman–Crippen MR) is 101 cm³/mol. The van der Waals surface area contributed by atoms with Gasteiger partial charge in [0.1, 0.15) is 5.69 Å². The molecule has 0 bridgehead atoms. The summed E-state index contributed by atoms with van der Waals surface area (Å²) in [5, 5.41) is 12.7. The molecule has 2 aromatic carbocycles. The van der Waals surface area contributed by atoms with Crippen molar-refractivity contribution in [1.29, 1.82) is 0 Å². The van der Waals surface area contributed by atoms with Crippen LogP contribution in [0.5, 0.6) is 0 Å². The van der Waals surface area contributed by atoms with Gasteiger partial charge in [-0.15, -0.1) is 11.8 Å². The highest BCUT2D eigenvalue weighted by Gasteiger charge is 2.26. The van der Waals surface area contributed by atoms with Gasteiger partial charge in [-0.05, 0) is 23.8 Å². The molecule has 3 atom stereocenters. The maximum Gasteiger partial charge on any atom is 0.268 e. The summed E-state index contributed by atoms with van der Waals surface area (Å²) in [4.78, 5) is 16.5. The summed E-state index contributed by atoms with van der Waals surface area (Å²) in [6, 6.07) is 14.2. The Balaban J connectivity index is 1.90. The van der Waals surface area contributed by atoms with Crippen molar-refractivity contribution in [3.05, 3.63) is 60.7 Å².